The van der Waals surface area contributed by atoms with Crippen LogP contribution in [-0.2, 0) is 6.42 Å². The Kier molecular flexibility index (Phi) is 9.89. The molecule has 1 aliphatic heterocycles. The van der Waals surface area contributed by atoms with E-state index in [1.807, 2.05) is 31.2 Å². The summed E-state index contributed by atoms with van der Waals surface area (Å²) < 4.78 is 0. The maximum atomic E-state index is 12.4. The summed E-state index contributed by atoms with van der Waals surface area (Å²) in [6.45, 7) is 5.89. The number of nitrogens with zero attached hydrogens (tertiary/aromatic N) is 1. The van der Waals surface area contributed by atoms with Gasteiger partial charge >= 0.3 is 0 Å². The van der Waals surface area contributed by atoms with Crippen LogP contribution in [0.25, 0.3) is 0 Å². The third-order valence-electron chi connectivity index (χ3n) is 4.79. The van der Waals surface area contributed by atoms with Crippen LogP contribution >= 0.6 is 24.8 Å². The fraction of sp³-hybridized carbons (Fsp3) is 0.381. The summed E-state index contributed by atoms with van der Waals surface area (Å²) in [6, 6.07) is 19.0. The molecule has 0 radical (unpaired) electrons. The Bertz CT molecular complexity index is 661. The first-order valence-electron chi connectivity index (χ1n) is 8.81. The lowest BCUT2D eigenvalue weighted by molar-refractivity contribution is 0.0935. The first-order chi connectivity index (χ1) is 11.7. The quantitative estimate of drug-likeness (QED) is 0.753. The SMILES string of the molecule is Cc1ccc(C(=O)CCN2CCNCC2Cc2ccccc2)cc1.Cl.Cl. The number of aryl methyl sites for hydroxylation is 1. The second-order valence-corrected chi connectivity index (χ2v) is 6.62. The number of hydrogen-bond acceptors (Lipinski definition) is 3. The summed E-state index contributed by atoms with van der Waals surface area (Å²) >= 11 is 0. The third-order valence-corrected chi connectivity index (χ3v) is 4.79. The van der Waals surface area contributed by atoms with E-state index in [0.29, 0.717) is 12.5 Å². The van der Waals surface area contributed by atoms with Crippen molar-refractivity contribution in [3.05, 3.63) is 71.3 Å². The molecule has 0 spiro atoms. The molecule has 0 saturated carbocycles. The molecular formula is C21H28Cl2N2O. The summed E-state index contributed by atoms with van der Waals surface area (Å²) in [4.78, 5) is 14.9. The molecule has 0 amide bonds. The molecule has 1 saturated heterocycles. The third kappa shape index (κ3) is 6.40. The molecule has 5 heteroatoms. The second kappa shape index (κ2) is 11.3. The number of nitrogens with one attached hydrogen (secondary N) is 1. The first-order valence-corrected chi connectivity index (χ1v) is 8.81. The molecule has 1 atom stereocenters. The van der Waals surface area contributed by atoms with E-state index in [2.05, 4.69) is 40.5 Å². The van der Waals surface area contributed by atoms with Gasteiger partial charge in [0.15, 0.2) is 5.78 Å². The van der Waals surface area contributed by atoms with Crippen LogP contribution in [0.15, 0.2) is 54.6 Å². The zero-order valence-corrected chi connectivity index (χ0v) is 16.8. The van der Waals surface area contributed by atoms with Gasteiger partial charge in [-0.05, 0) is 18.9 Å². The van der Waals surface area contributed by atoms with Crippen LogP contribution in [0, 0.1) is 6.92 Å². The zero-order chi connectivity index (χ0) is 16.8. The maximum Gasteiger partial charge on any atom is 0.164 e. The lowest BCUT2D eigenvalue weighted by Crippen LogP contribution is -2.52. The van der Waals surface area contributed by atoms with Crippen molar-refractivity contribution < 1.29 is 4.79 Å². The number of rotatable bonds is 6. The molecule has 1 unspecified atom stereocenters. The van der Waals surface area contributed by atoms with Crippen LogP contribution in [0.4, 0.5) is 0 Å². The van der Waals surface area contributed by atoms with Gasteiger partial charge in [0.05, 0.1) is 0 Å². The Morgan fingerprint density at radius 1 is 1.08 bits per heavy atom. The molecule has 0 aromatic heterocycles. The molecule has 0 aliphatic carbocycles. The molecule has 2 aromatic rings. The molecule has 1 aliphatic rings. The van der Waals surface area contributed by atoms with Gasteiger partial charge in [-0.15, -0.1) is 24.8 Å². The number of Topliss-reactive ketones (excluding diaryl/α,β-unsaturated/α-hetero) is 1. The molecule has 3 rings (SSSR count). The molecular weight excluding hydrogens is 367 g/mol. The predicted molar refractivity (Wildman–Crippen MR) is 113 cm³/mol. The molecule has 3 nitrogen and oxygen atoms in total. The van der Waals surface area contributed by atoms with Crippen molar-refractivity contribution in [2.45, 2.75) is 25.8 Å². The lowest BCUT2D eigenvalue weighted by Gasteiger charge is -2.36. The van der Waals surface area contributed by atoms with Crippen molar-refractivity contribution in [3.63, 3.8) is 0 Å². The van der Waals surface area contributed by atoms with E-state index >= 15 is 0 Å². The highest BCUT2D eigenvalue weighted by Crippen LogP contribution is 2.13. The molecule has 0 bridgehead atoms. The van der Waals surface area contributed by atoms with E-state index in [0.717, 1.165) is 38.2 Å². The van der Waals surface area contributed by atoms with Crippen LogP contribution in [0.1, 0.15) is 27.9 Å². The normalized spacial score (nSPS) is 17.0. The molecule has 142 valence electrons. The summed E-state index contributed by atoms with van der Waals surface area (Å²) in [6.07, 6.45) is 1.63. The van der Waals surface area contributed by atoms with Gasteiger partial charge in [0.2, 0.25) is 0 Å². The van der Waals surface area contributed by atoms with E-state index in [4.69, 9.17) is 0 Å². The van der Waals surface area contributed by atoms with Crippen molar-refractivity contribution in [3.8, 4) is 0 Å². The Balaban J connectivity index is 0.00000169. The number of halogens is 2. The Labute approximate surface area is 169 Å². The van der Waals surface area contributed by atoms with Crippen molar-refractivity contribution in [1.82, 2.24) is 10.2 Å². The summed E-state index contributed by atoms with van der Waals surface area (Å²) in [5, 5.41) is 3.48. The van der Waals surface area contributed by atoms with Crippen LogP contribution in [0.5, 0.6) is 0 Å². The topological polar surface area (TPSA) is 32.3 Å². The van der Waals surface area contributed by atoms with Crippen LogP contribution < -0.4 is 5.32 Å². The van der Waals surface area contributed by atoms with E-state index in [9.17, 15) is 4.79 Å². The van der Waals surface area contributed by atoms with Crippen molar-refractivity contribution in [2.24, 2.45) is 0 Å². The van der Waals surface area contributed by atoms with E-state index in [1.165, 1.54) is 11.1 Å². The minimum atomic E-state index is 0. The number of ketones is 1. The number of benzene rings is 2. The standard InChI is InChI=1S/C21H26N2O.2ClH/c1-17-7-9-19(10-8-17)21(24)11-13-23-14-12-22-16-20(23)15-18-5-3-2-4-6-18;;/h2-10,20,22H,11-16H2,1H3;2*1H. The predicted octanol–water partition coefficient (Wildman–Crippen LogP) is 3.93. The van der Waals surface area contributed by atoms with Crippen molar-refractivity contribution in [1.29, 1.82) is 0 Å². The average Bonchev–Trinajstić information content (AvgIpc) is 2.62. The highest BCUT2D eigenvalue weighted by Gasteiger charge is 2.22. The summed E-state index contributed by atoms with van der Waals surface area (Å²) in [7, 11) is 0. The Morgan fingerprint density at radius 2 is 1.77 bits per heavy atom. The van der Waals surface area contributed by atoms with Gasteiger partial charge in [-0.1, -0.05) is 60.2 Å². The van der Waals surface area contributed by atoms with Crippen LogP contribution in [0.2, 0.25) is 0 Å². The Morgan fingerprint density at radius 3 is 2.46 bits per heavy atom. The molecule has 1 fully saturated rings. The van der Waals surface area contributed by atoms with Crippen LogP contribution in [-0.4, -0.2) is 42.9 Å². The fourth-order valence-corrected chi connectivity index (χ4v) is 3.31. The molecule has 2 aromatic carbocycles. The van der Waals surface area contributed by atoms with Gasteiger partial charge in [-0.25, -0.2) is 0 Å². The highest BCUT2D eigenvalue weighted by atomic mass is 35.5. The number of carbonyl (C=O) groups is 1. The van der Waals surface area contributed by atoms with Gasteiger partial charge in [0.25, 0.3) is 0 Å². The zero-order valence-electron chi connectivity index (χ0n) is 15.2. The maximum absolute atomic E-state index is 12.4. The van der Waals surface area contributed by atoms with Gasteiger partial charge < -0.3 is 5.32 Å². The number of hydrogen-bond donors (Lipinski definition) is 1. The minimum absolute atomic E-state index is 0. The molecule has 1 heterocycles. The Hall–Kier alpha value is -1.39. The molecule has 1 N–H and O–H groups in total. The van der Waals surface area contributed by atoms with Crippen molar-refractivity contribution >= 4 is 30.6 Å². The van der Waals surface area contributed by atoms with E-state index in [1.54, 1.807) is 0 Å². The largest absolute Gasteiger partial charge is 0.314 e. The van der Waals surface area contributed by atoms with E-state index < -0.39 is 0 Å². The van der Waals surface area contributed by atoms with Gasteiger partial charge in [-0.2, -0.15) is 0 Å². The second-order valence-electron chi connectivity index (χ2n) is 6.62. The van der Waals surface area contributed by atoms with Crippen molar-refractivity contribution in [2.75, 3.05) is 26.2 Å². The van der Waals surface area contributed by atoms with E-state index in [-0.39, 0.29) is 30.6 Å². The fourth-order valence-electron chi connectivity index (χ4n) is 3.31. The monoisotopic (exact) mass is 394 g/mol. The average molecular weight is 395 g/mol. The number of carbonyl (C=O) groups excluding carboxylic acids is 1. The minimum Gasteiger partial charge on any atom is -0.314 e. The molecule has 26 heavy (non-hydrogen) atoms. The number of piperazine rings is 1. The summed E-state index contributed by atoms with van der Waals surface area (Å²) in [5.74, 6) is 0.243. The summed E-state index contributed by atoms with van der Waals surface area (Å²) in [5.41, 5.74) is 3.38. The van der Waals surface area contributed by atoms with Crippen LogP contribution in [0.3, 0.4) is 0 Å². The first kappa shape index (κ1) is 22.7. The smallest absolute Gasteiger partial charge is 0.164 e. The lowest BCUT2D eigenvalue weighted by atomic mass is 10.0. The van der Waals surface area contributed by atoms with Gasteiger partial charge in [0, 0.05) is 44.2 Å². The van der Waals surface area contributed by atoms with Gasteiger partial charge in [0.1, 0.15) is 0 Å². The van der Waals surface area contributed by atoms with Gasteiger partial charge in [-0.3, -0.25) is 9.69 Å². The highest BCUT2D eigenvalue weighted by molar-refractivity contribution is 5.96.